The maximum atomic E-state index is 12.1. The van der Waals surface area contributed by atoms with Gasteiger partial charge >= 0.3 is 0 Å². The first kappa shape index (κ1) is 17.7. The minimum absolute atomic E-state index is 0. The molecule has 1 aliphatic heterocycles. The molecule has 2 aliphatic rings. The Kier molecular flexibility index (Phi) is 8.50. The summed E-state index contributed by atoms with van der Waals surface area (Å²) < 4.78 is 0. The van der Waals surface area contributed by atoms with Crippen LogP contribution in [0.25, 0.3) is 0 Å². The number of carbonyl (C=O) groups excluding carboxylic acids is 1. The molecule has 1 atom stereocenters. The van der Waals surface area contributed by atoms with Crippen molar-refractivity contribution in [1.29, 1.82) is 0 Å². The first-order chi connectivity index (χ1) is 9.28. The largest absolute Gasteiger partial charge is 0.352 e. The smallest absolute Gasteiger partial charge is 0.234 e. The first-order valence-corrected chi connectivity index (χ1v) is 7.94. The quantitative estimate of drug-likeness (QED) is 0.761. The predicted octanol–water partition coefficient (Wildman–Crippen LogP) is 1.79. The van der Waals surface area contributed by atoms with Crippen molar-refractivity contribution in [2.75, 3.05) is 33.2 Å². The number of nitrogens with one attached hydrogen (secondary N) is 2. The number of amides is 1. The van der Waals surface area contributed by atoms with Crippen LogP contribution in [0.3, 0.4) is 0 Å². The van der Waals surface area contributed by atoms with Crippen molar-refractivity contribution in [2.24, 2.45) is 5.92 Å². The van der Waals surface area contributed by atoms with E-state index in [4.69, 9.17) is 0 Å². The number of halogens is 1. The molecule has 1 aliphatic carbocycles. The maximum absolute atomic E-state index is 12.1. The molecule has 2 fully saturated rings. The van der Waals surface area contributed by atoms with Gasteiger partial charge < -0.3 is 10.6 Å². The number of nitrogens with zero attached hydrogens (tertiary/aromatic N) is 1. The van der Waals surface area contributed by atoms with Gasteiger partial charge in [0.25, 0.3) is 0 Å². The van der Waals surface area contributed by atoms with E-state index in [1.54, 1.807) is 0 Å². The number of likely N-dealkylation sites (tertiary alicyclic amines) is 1. The lowest BCUT2D eigenvalue weighted by molar-refractivity contribution is -0.122. The van der Waals surface area contributed by atoms with Gasteiger partial charge in [-0.05, 0) is 45.3 Å². The van der Waals surface area contributed by atoms with Crippen LogP contribution in [0.5, 0.6) is 0 Å². The zero-order valence-corrected chi connectivity index (χ0v) is 13.5. The van der Waals surface area contributed by atoms with Gasteiger partial charge in [0.05, 0.1) is 6.54 Å². The van der Waals surface area contributed by atoms with Gasteiger partial charge in [-0.15, -0.1) is 12.4 Å². The van der Waals surface area contributed by atoms with E-state index >= 15 is 0 Å². The van der Waals surface area contributed by atoms with Gasteiger partial charge in [0.1, 0.15) is 0 Å². The lowest BCUT2D eigenvalue weighted by Gasteiger charge is -2.20. The van der Waals surface area contributed by atoms with E-state index in [0.29, 0.717) is 12.6 Å². The summed E-state index contributed by atoms with van der Waals surface area (Å²) in [7, 11) is 2.00. The van der Waals surface area contributed by atoms with Gasteiger partial charge in [0.2, 0.25) is 5.91 Å². The molecular weight excluding hydrogens is 274 g/mol. The fourth-order valence-corrected chi connectivity index (χ4v) is 3.41. The maximum Gasteiger partial charge on any atom is 0.234 e. The Morgan fingerprint density at radius 2 is 1.85 bits per heavy atom. The van der Waals surface area contributed by atoms with Crippen LogP contribution in [0.1, 0.15) is 44.9 Å². The van der Waals surface area contributed by atoms with E-state index in [9.17, 15) is 4.79 Å². The molecule has 0 aromatic rings. The third kappa shape index (κ3) is 5.98. The fraction of sp³-hybridized carbons (Fsp3) is 0.933. The van der Waals surface area contributed by atoms with Crippen molar-refractivity contribution in [3.8, 4) is 0 Å². The number of hydrogen-bond donors (Lipinski definition) is 2. The summed E-state index contributed by atoms with van der Waals surface area (Å²) in [4.78, 5) is 14.4. The molecule has 1 amide bonds. The zero-order chi connectivity index (χ0) is 13.5. The molecule has 1 heterocycles. The molecule has 1 unspecified atom stereocenters. The van der Waals surface area contributed by atoms with Crippen molar-refractivity contribution in [2.45, 2.75) is 51.0 Å². The highest BCUT2D eigenvalue weighted by Crippen LogP contribution is 2.18. The Balaban J connectivity index is 0.00000200. The molecule has 0 spiro atoms. The van der Waals surface area contributed by atoms with Crippen LogP contribution in [0.2, 0.25) is 0 Å². The Morgan fingerprint density at radius 3 is 2.50 bits per heavy atom. The van der Waals surface area contributed by atoms with E-state index in [1.807, 2.05) is 7.05 Å². The molecule has 0 bridgehead atoms. The third-order valence-corrected chi connectivity index (χ3v) is 4.45. The summed E-state index contributed by atoms with van der Waals surface area (Å²) in [5.74, 6) is 0.952. The van der Waals surface area contributed by atoms with Gasteiger partial charge in [-0.1, -0.05) is 25.7 Å². The number of carbonyl (C=O) groups is 1. The normalized spacial score (nSPS) is 24.9. The molecular formula is C15H30ClN3O. The summed E-state index contributed by atoms with van der Waals surface area (Å²) in [5, 5.41) is 6.47. The summed E-state index contributed by atoms with van der Waals surface area (Å²) in [6.45, 7) is 3.81. The minimum atomic E-state index is 0. The highest BCUT2D eigenvalue weighted by molar-refractivity contribution is 5.85. The van der Waals surface area contributed by atoms with Crippen molar-refractivity contribution in [3.05, 3.63) is 0 Å². The van der Waals surface area contributed by atoms with Gasteiger partial charge in [-0.3, -0.25) is 9.69 Å². The van der Waals surface area contributed by atoms with Crippen LogP contribution >= 0.6 is 12.4 Å². The lowest BCUT2D eigenvalue weighted by Crippen LogP contribution is -2.41. The van der Waals surface area contributed by atoms with E-state index in [-0.39, 0.29) is 18.3 Å². The topological polar surface area (TPSA) is 44.4 Å². The predicted molar refractivity (Wildman–Crippen MR) is 85.4 cm³/mol. The Morgan fingerprint density at radius 1 is 1.15 bits per heavy atom. The summed E-state index contributed by atoms with van der Waals surface area (Å²) >= 11 is 0. The molecule has 2 rings (SSSR count). The summed E-state index contributed by atoms with van der Waals surface area (Å²) in [6, 6.07) is 0.436. The molecule has 20 heavy (non-hydrogen) atoms. The monoisotopic (exact) mass is 303 g/mol. The molecule has 1 saturated heterocycles. The molecule has 0 aromatic carbocycles. The van der Waals surface area contributed by atoms with E-state index in [1.165, 1.54) is 44.9 Å². The van der Waals surface area contributed by atoms with Crippen LogP contribution in [0, 0.1) is 5.92 Å². The Hall–Kier alpha value is -0.320. The van der Waals surface area contributed by atoms with Gasteiger partial charge in [-0.25, -0.2) is 0 Å². The zero-order valence-electron chi connectivity index (χ0n) is 12.7. The molecule has 118 valence electrons. The fourth-order valence-electron chi connectivity index (χ4n) is 3.41. The van der Waals surface area contributed by atoms with E-state index in [0.717, 1.165) is 25.6 Å². The van der Waals surface area contributed by atoms with Crippen molar-refractivity contribution in [3.63, 3.8) is 0 Å². The summed E-state index contributed by atoms with van der Waals surface area (Å²) in [5.41, 5.74) is 0. The minimum Gasteiger partial charge on any atom is -0.352 e. The average molecular weight is 304 g/mol. The van der Waals surface area contributed by atoms with Crippen molar-refractivity contribution in [1.82, 2.24) is 15.5 Å². The van der Waals surface area contributed by atoms with Crippen molar-refractivity contribution < 1.29 is 4.79 Å². The Bertz CT molecular complexity index is 280. The van der Waals surface area contributed by atoms with Gasteiger partial charge in [0, 0.05) is 12.6 Å². The molecule has 4 nitrogen and oxygen atoms in total. The van der Waals surface area contributed by atoms with Crippen LogP contribution < -0.4 is 10.6 Å². The number of rotatable bonds is 5. The standard InChI is InChI=1S/C15H29N3O.ClH/c1-16-10-13-8-9-18(11-13)12-15(19)17-14-6-4-2-3-5-7-14;/h13-14,16H,2-12H2,1H3,(H,17,19);1H. The second-order valence-corrected chi connectivity index (χ2v) is 6.20. The van der Waals surface area contributed by atoms with E-state index < -0.39 is 0 Å². The van der Waals surface area contributed by atoms with Crippen LogP contribution in [-0.2, 0) is 4.79 Å². The van der Waals surface area contributed by atoms with Crippen molar-refractivity contribution >= 4 is 18.3 Å². The second kappa shape index (κ2) is 9.59. The lowest BCUT2D eigenvalue weighted by atomic mass is 10.1. The van der Waals surface area contributed by atoms with Crippen LogP contribution in [0.15, 0.2) is 0 Å². The highest BCUT2D eigenvalue weighted by Gasteiger charge is 2.24. The third-order valence-electron chi connectivity index (χ3n) is 4.45. The molecule has 5 heteroatoms. The Labute approximate surface area is 129 Å². The van der Waals surface area contributed by atoms with Crippen LogP contribution in [-0.4, -0.2) is 50.1 Å². The molecule has 0 aromatic heterocycles. The SMILES string of the molecule is CNCC1CCN(CC(=O)NC2CCCCCC2)C1.Cl. The molecule has 0 radical (unpaired) electrons. The van der Waals surface area contributed by atoms with Gasteiger partial charge in [0.15, 0.2) is 0 Å². The molecule has 1 saturated carbocycles. The first-order valence-electron chi connectivity index (χ1n) is 7.94. The van der Waals surface area contributed by atoms with Crippen LogP contribution in [0.4, 0.5) is 0 Å². The highest BCUT2D eigenvalue weighted by atomic mass is 35.5. The van der Waals surface area contributed by atoms with Gasteiger partial charge in [-0.2, -0.15) is 0 Å². The summed E-state index contributed by atoms with van der Waals surface area (Å²) in [6.07, 6.45) is 8.80. The average Bonchev–Trinajstić information content (AvgIpc) is 2.65. The second-order valence-electron chi connectivity index (χ2n) is 6.20. The molecule has 2 N–H and O–H groups in total. The van der Waals surface area contributed by atoms with E-state index in [2.05, 4.69) is 15.5 Å². The number of hydrogen-bond acceptors (Lipinski definition) is 3.